The minimum absolute atomic E-state index is 0.0215. The van der Waals surface area contributed by atoms with Gasteiger partial charge in [0.25, 0.3) is 0 Å². The summed E-state index contributed by atoms with van der Waals surface area (Å²) in [7, 11) is 0. The van der Waals surface area contributed by atoms with Crippen molar-refractivity contribution < 1.29 is 15.4 Å². The molecule has 0 unspecified atom stereocenters. The summed E-state index contributed by atoms with van der Waals surface area (Å²) >= 11 is 7.91. The van der Waals surface area contributed by atoms with Crippen molar-refractivity contribution in [2.45, 2.75) is 131 Å². The van der Waals surface area contributed by atoms with E-state index in [4.69, 9.17) is 21.5 Å². The Kier molecular flexibility index (Phi) is 8.17. The standard InChI is InChI=1S/C52H63ClN2O/c1-48(2,3)34-19-24-39(25-20-34)54(41-18-16-17-36(29-41)50(7,8)9)43-31-38(52(13,14)15)32-44(47(43)53)55(40-26-21-35(22-27-40)49(4,5)6)45-33-56-46-28-23-37(30-42(45)46)51(10,11)12/h16-33H,1-15H3/i16D,17D,18D,23D,28D,29D,30D,33D. The summed E-state index contributed by atoms with van der Waals surface area (Å²) in [6, 6.07) is 18.5. The quantitative estimate of drug-likeness (QED) is 0.168. The van der Waals surface area contributed by atoms with Crippen LogP contribution in [0.25, 0.3) is 11.0 Å². The predicted octanol–water partition coefficient (Wildman–Crippen LogP) is 16.5. The maximum atomic E-state index is 9.80. The maximum absolute atomic E-state index is 9.80. The van der Waals surface area contributed by atoms with Crippen molar-refractivity contribution in [3.8, 4) is 0 Å². The van der Waals surface area contributed by atoms with Crippen LogP contribution in [0.15, 0.2) is 114 Å². The number of nitrogens with zero attached hydrogens (tertiary/aromatic N) is 2. The lowest BCUT2D eigenvalue weighted by molar-refractivity contribution is 0.589. The second kappa shape index (κ2) is 14.5. The van der Waals surface area contributed by atoms with E-state index in [0.717, 1.165) is 16.7 Å². The van der Waals surface area contributed by atoms with E-state index < -0.39 is 16.2 Å². The average molecular weight is 776 g/mol. The fourth-order valence-corrected chi connectivity index (χ4v) is 6.77. The van der Waals surface area contributed by atoms with Crippen molar-refractivity contribution in [3.05, 3.63) is 142 Å². The molecule has 1 aromatic heterocycles. The monoisotopic (exact) mass is 775 g/mol. The number of rotatable bonds is 6. The van der Waals surface area contributed by atoms with E-state index in [-0.39, 0.29) is 86.7 Å². The molecule has 0 spiro atoms. The zero-order chi connectivity index (χ0) is 48.1. The molecule has 0 atom stereocenters. The molecule has 0 N–H and O–H groups in total. The topological polar surface area (TPSA) is 19.6 Å². The zero-order valence-corrected chi connectivity index (χ0v) is 36.7. The van der Waals surface area contributed by atoms with Crippen molar-refractivity contribution in [1.82, 2.24) is 0 Å². The van der Waals surface area contributed by atoms with E-state index in [1.165, 1.54) is 0 Å². The van der Waals surface area contributed by atoms with Crippen molar-refractivity contribution in [2.75, 3.05) is 9.80 Å². The predicted molar refractivity (Wildman–Crippen MR) is 244 cm³/mol. The van der Waals surface area contributed by atoms with Crippen LogP contribution >= 0.6 is 11.6 Å². The normalized spacial score (nSPS) is 15.0. The van der Waals surface area contributed by atoms with E-state index in [9.17, 15) is 5.48 Å². The summed E-state index contributed by atoms with van der Waals surface area (Å²) in [6.45, 7) is 30.3. The second-order valence-electron chi connectivity index (χ2n) is 20.1. The Hall–Kier alpha value is -4.47. The van der Waals surface area contributed by atoms with E-state index >= 15 is 0 Å². The first-order valence-corrected chi connectivity index (χ1v) is 19.9. The summed E-state index contributed by atoms with van der Waals surface area (Å²) in [5.74, 6) is 0. The lowest BCUT2D eigenvalue weighted by atomic mass is 9.85. The Bertz CT molecular complexity index is 2780. The first-order chi connectivity index (χ1) is 29.2. The SMILES string of the molecule is [2H]c1oc2c([2H])c([2H])c(C(C)(C)C)c([2H])c2c1N(c1ccc(C(C)(C)C)cc1)c1cc(C(C)(C)C)cc(N(c2ccc(C(C)(C)C)cc2)c2c([2H])c([2H])c([2H])c(C(C)(C)C)c2[2H])c1Cl. The number of hydrogen-bond acceptors (Lipinski definition) is 3. The van der Waals surface area contributed by atoms with Crippen LogP contribution in [0.5, 0.6) is 0 Å². The van der Waals surface area contributed by atoms with Crippen LogP contribution in [-0.2, 0) is 27.1 Å². The average Bonchev–Trinajstić information content (AvgIpc) is 3.50. The fraction of sp³-hybridized carbons (Fsp3) is 0.385. The number of anilines is 6. The molecular weight excluding hydrogens is 704 g/mol. The number of furan rings is 1. The molecule has 4 heteroatoms. The second-order valence-corrected chi connectivity index (χ2v) is 20.5. The van der Waals surface area contributed by atoms with E-state index in [0.29, 0.717) is 33.9 Å². The van der Waals surface area contributed by atoms with Crippen LogP contribution in [0, 0.1) is 0 Å². The van der Waals surface area contributed by atoms with Gasteiger partial charge in [-0.05, 0) is 115 Å². The molecule has 0 fully saturated rings. The first-order valence-electron chi connectivity index (χ1n) is 23.5. The molecule has 0 aliphatic rings. The molecule has 0 bridgehead atoms. The number of hydrogen-bond donors (Lipinski definition) is 0. The Morgan fingerprint density at radius 2 is 0.911 bits per heavy atom. The maximum Gasteiger partial charge on any atom is 0.136 e. The van der Waals surface area contributed by atoms with Crippen LogP contribution in [0.1, 0.15) is 143 Å². The molecule has 5 aromatic carbocycles. The van der Waals surface area contributed by atoms with Gasteiger partial charge in [0.1, 0.15) is 13.2 Å². The fourth-order valence-electron chi connectivity index (χ4n) is 6.49. The van der Waals surface area contributed by atoms with Gasteiger partial charge in [0, 0.05) is 22.4 Å². The third-order valence-corrected chi connectivity index (χ3v) is 10.6. The molecule has 0 radical (unpaired) electrons. The number of benzene rings is 5. The van der Waals surface area contributed by atoms with Crippen LogP contribution in [0.4, 0.5) is 34.1 Å². The molecule has 3 nitrogen and oxygen atoms in total. The Labute approximate surface area is 353 Å². The van der Waals surface area contributed by atoms with Crippen LogP contribution in [0.3, 0.4) is 0 Å². The summed E-state index contributed by atoms with van der Waals surface area (Å²) in [4.78, 5) is 3.55. The molecule has 0 aliphatic heterocycles. The third-order valence-electron chi connectivity index (χ3n) is 10.2. The van der Waals surface area contributed by atoms with Gasteiger partial charge in [-0.2, -0.15) is 0 Å². The third kappa shape index (κ3) is 8.44. The molecule has 0 aliphatic carbocycles. The van der Waals surface area contributed by atoms with Gasteiger partial charge in [0.2, 0.25) is 0 Å². The van der Waals surface area contributed by atoms with Gasteiger partial charge in [-0.1, -0.05) is 158 Å². The van der Waals surface area contributed by atoms with E-state index in [1.807, 2.05) is 102 Å². The minimum atomic E-state index is -0.727. The highest BCUT2D eigenvalue weighted by molar-refractivity contribution is 6.37. The molecule has 0 amide bonds. The molecule has 294 valence electrons. The molecular formula is C52H63ClN2O. The van der Waals surface area contributed by atoms with E-state index in [1.54, 1.807) is 9.80 Å². The van der Waals surface area contributed by atoms with Crippen LogP contribution in [0.2, 0.25) is 5.02 Å². The zero-order valence-electron chi connectivity index (χ0n) is 44.0. The van der Waals surface area contributed by atoms with Gasteiger partial charge in [-0.15, -0.1) is 0 Å². The number of halogens is 1. The summed E-state index contributed by atoms with van der Waals surface area (Å²) in [5.41, 5.74) is 3.45. The number of fused-ring (bicyclic) bond motifs is 1. The van der Waals surface area contributed by atoms with Gasteiger partial charge in [-0.3, -0.25) is 0 Å². The molecule has 1 heterocycles. The Morgan fingerprint density at radius 3 is 1.39 bits per heavy atom. The van der Waals surface area contributed by atoms with Gasteiger partial charge in [-0.25, -0.2) is 0 Å². The van der Waals surface area contributed by atoms with Crippen LogP contribution in [-0.4, -0.2) is 0 Å². The Morgan fingerprint density at radius 1 is 0.464 bits per heavy atom. The minimum Gasteiger partial charge on any atom is -0.462 e. The van der Waals surface area contributed by atoms with Gasteiger partial charge in [0.05, 0.1) is 31.7 Å². The van der Waals surface area contributed by atoms with Gasteiger partial charge >= 0.3 is 0 Å². The van der Waals surface area contributed by atoms with Crippen molar-refractivity contribution >= 4 is 56.7 Å². The summed E-state index contributed by atoms with van der Waals surface area (Å²) in [5, 5.41) is 0.371. The lowest BCUT2D eigenvalue weighted by Crippen LogP contribution is -2.19. The van der Waals surface area contributed by atoms with Crippen molar-refractivity contribution in [3.63, 3.8) is 0 Å². The smallest absolute Gasteiger partial charge is 0.136 e. The first kappa shape index (κ1) is 31.6. The lowest BCUT2D eigenvalue weighted by Gasteiger charge is -2.34. The molecule has 6 aromatic rings. The summed E-state index contributed by atoms with van der Waals surface area (Å²) < 4.78 is 80.8. The van der Waals surface area contributed by atoms with Gasteiger partial charge in [0.15, 0.2) is 0 Å². The largest absolute Gasteiger partial charge is 0.462 e. The van der Waals surface area contributed by atoms with Gasteiger partial charge < -0.3 is 14.2 Å². The molecule has 6 rings (SSSR count). The highest BCUT2D eigenvalue weighted by atomic mass is 35.5. The molecule has 0 saturated heterocycles. The highest BCUT2D eigenvalue weighted by Crippen LogP contribution is 2.51. The molecule has 0 saturated carbocycles. The van der Waals surface area contributed by atoms with Crippen molar-refractivity contribution in [1.29, 1.82) is 0 Å². The van der Waals surface area contributed by atoms with Crippen molar-refractivity contribution in [2.24, 2.45) is 0 Å². The van der Waals surface area contributed by atoms with E-state index in [2.05, 4.69) is 62.3 Å². The highest BCUT2D eigenvalue weighted by Gasteiger charge is 2.30. The Balaban J connectivity index is 1.85. The van der Waals surface area contributed by atoms with Crippen LogP contribution < -0.4 is 9.80 Å². The summed E-state index contributed by atoms with van der Waals surface area (Å²) in [6.07, 6.45) is -0.322. The molecule has 56 heavy (non-hydrogen) atoms.